The lowest BCUT2D eigenvalue weighted by Crippen LogP contribution is -2.45. The number of H-pyrrole nitrogens is 1. The zero-order valence-electron chi connectivity index (χ0n) is 16.9. The Hall–Kier alpha value is -3.39. The van der Waals surface area contributed by atoms with Gasteiger partial charge in [-0.3, -0.25) is 9.20 Å². The first-order chi connectivity index (χ1) is 14.5. The maximum absolute atomic E-state index is 14.1. The van der Waals surface area contributed by atoms with Crippen molar-refractivity contribution in [2.45, 2.75) is 6.92 Å². The van der Waals surface area contributed by atoms with Crippen LogP contribution < -0.4 is 10.2 Å². The van der Waals surface area contributed by atoms with Gasteiger partial charge < -0.3 is 20.1 Å². The summed E-state index contributed by atoms with van der Waals surface area (Å²) in [4.78, 5) is 24.8. The number of hydrogen-bond acceptors (Lipinski definition) is 4. The minimum Gasteiger partial charge on any atom is -0.355 e. The number of amides is 1. The van der Waals surface area contributed by atoms with E-state index in [9.17, 15) is 9.18 Å². The fraction of sp³-hybridized carbons (Fsp3) is 0.273. The summed E-state index contributed by atoms with van der Waals surface area (Å²) in [7, 11) is 2.12. The van der Waals surface area contributed by atoms with Crippen LogP contribution in [-0.4, -0.2) is 58.4 Å². The van der Waals surface area contributed by atoms with Gasteiger partial charge >= 0.3 is 0 Å². The van der Waals surface area contributed by atoms with Gasteiger partial charge in [0.1, 0.15) is 23.7 Å². The summed E-state index contributed by atoms with van der Waals surface area (Å²) in [5.41, 5.74) is 3.44. The molecule has 4 heterocycles. The normalized spacial score (nSPS) is 15.2. The zero-order valence-corrected chi connectivity index (χ0v) is 16.9. The first kappa shape index (κ1) is 18.6. The number of piperazine rings is 1. The van der Waals surface area contributed by atoms with Crippen LogP contribution in [0.2, 0.25) is 0 Å². The molecule has 30 heavy (non-hydrogen) atoms. The van der Waals surface area contributed by atoms with E-state index in [-0.39, 0.29) is 11.7 Å². The number of nitrogens with one attached hydrogen (secondary N) is 2. The standard InChI is InChI=1S/C22H23FN6O/c1-14-3-4-18(23)17-11-19(26-21(14)17)22(30)25-15-9-16-12-24-13-29(16)20(10-15)28-7-5-27(2)6-8-28/h3-4,9-13,26H,5-8H2,1-2H3,(H,25,30). The molecule has 154 valence electrons. The lowest BCUT2D eigenvalue weighted by molar-refractivity contribution is 0.102. The predicted molar refractivity (Wildman–Crippen MR) is 116 cm³/mol. The molecule has 4 aromatic rings. The van der Waals surface area contributed by atoms with Gasteiger partial charge in [-0.05, 0) is 37.7 Å². The van der Waals surface area contributed by atoms with Crippen LogP contribution in [0, 0.1) is 12.7 Å². The molecule has 2 N–H and O–H groups in total. The number of nitrogens with zero attached hydrogens (tertiary/aromatic N) is 4. The molecule has 3 aromatic heterocycles. The molecule has 1 aliphatic rings. The number of halogens is 1. The van der Waals surface area contributed by atoms with E-state index in [4.69, 9.17) is 0 Å². The Morgan fingerprint density at radius 2 is 1.97 bits per heavy atom. The summed E-state index contributed by atoms with van der Waals surface area (Å²) < 4.78 is 16.2. The monoisotopic (exact) mass is 406 g/mol. The Bertz CT molecular complexity index is 1210. The molecule has 0 aliphatic carbocycles. The first-order valence-corrected chi connectivity index (χ1v) is 9.98. The number of pyridine rings is 1. The molecule has 1 aliphatic heterocycles. The smallest absolute Gasteiger partial charge is 0.272 e. The van der Waals surface area contributed by atoms with Crippen LogP contribution in [-0.2, 0) is 0 Å². The Morgan fingerprint density at radius 3 is 2.73 bits per heavy atom. The molecule has 1 saturated heterocycles. The van der Waals surface area contributed by atoms with Crippen LogP contribution in [0.3, 0.4) is 0 Å². The SMILES string of the molecule is Cc1ccc(F)c2cc(C(=O)Nc3cc(N4CCN(C)CC4)n4cncc4c3)[nH]c12. The molecule has 0 spiro atoms. The average Bonchev–Trinajstić information content (AvgIpc) is 3.39. The van der Waals surface area contributed by atoms with Gasteiger partial charge in [-0.25, -0.2) is 9.37 Å². The Kier molecular flexibility index (Phi) is 4.43. The second-order valence-electron chi connectivity index (χ2n) is 7.87. The molecular formula is C22H23FN6O. The number of imidazole rings is 1. The number of aromatic nitrogens is 3. The average molecular weight is 406 g/mol. The Balaban J connectivity index is 1.47. The predicted octanol–water partition coefficient (Wildman–Crippen LogP) is 3.27. The van der Waals surface area contributed by atoms with Gasteiger partial charge in [0.2, 0.25) is 0 Å². The van der Waals surface area contributed by atoms with Gasteiger partial charge in [-0.1, -0.05) is 6.07 Å². The highest BCUT2D eigenvalue weighted by Gasteiger charge is 2.19. The minimum absolute atomic E-state index is 0.307. The Morgan fingerprint density at radius 1 is 1.17 bits per heavy atom. The van der Waals surface area contributed by atoms with E-state index < -0.39 is 0 Å². The summed E-state index contributed by atoms with van der Waals surface area (Å²) >= 11 is 0. The van der Waals surface area contributed by atoms with Crippen molar-refractivity contribution in [2.75, 3.05) is 43.4 Å². The fourth-order valence-corrected chi connectivity index (χ4v) is 4.01. The summed E-state index contributed by atoms with van der Waals surface area (Å²) in [6.07, 6.45) is 3.56. The first-order valence-electron chi connectivity index (χ1n) is 9.98. The van der Waals surface area contributed by atoms with Crippen molar-refractivity contribution in [1.82, 2.24) is 19.3 Å². The van der Waals surface area contributed by atoms with E-state index in [1.165, 1.54) is 6.07 Å². The van der Waals surface area contributed by atoms with Gasteiger partial charge in [0.25, 0.3) is 5.91 Å². The molecule has 7 nitrogen and oxygen atoms in total. The number of hydrogen-bond donors (Lipinski definition) is 2. The van der Waals surface area contributed by atoms with Gasteiger partial charge in [0.05, 0.1) is 17.2 Å². The molecular weight excluding hydrogens is 383 g/mol. The van der Waals surface area contributed by atoms with Gasteiger partial charge in [-0.15, -0.1) is 0 Å². The van der Waals surface area contributed by atoms with Gasteiger partial charge in [0, 0.05) is 43.3 Å². The van der Waals surface area contributed by atoms with Crippen molar-refractivity contribution in [3.63, 3.8) is 0 Å². The van der Waals surface area contributed by atoms with Crippen LogP contribution in [0.4, 0.5) is 15.9 Å². The fourth-order valence-electron chi connectivity index (χ4n) is 4.01. The van der Waals surface area contributed by atoms with Crippen LogP contribution in [0.15, 0.2) is 42.9 Å². The molecule has 1 aromatic carbocycles. The highest BCUT2D eigenvalue weighted by molar-refractivity contribution is 6.06. The number of carbonyl (C=O) groups is 1. The molecule has 8 heteroatoms. The van der Waals surface area contributed by atoms with Crippen molar-refractivity contribution < 1.29 is 9.18 Å². The van der Waals surface area contributed by atoms with Crippen LogP contribution in [0.5, 0.6) is 0 Å². The van der Waals surface area contributed by atoms with Crippen molar-refractivity contribution in [2.24, 2.45) is 0 Å². The van der Waals surface area contributed by atoms with Crippen molar-refractivity contribution >= 4 is 33.8 Å². The third kappa shape index (κ3) is 3.19. The summed E-state index contributed by atoms with van der Waals surface area (Å²) in [5, 5.41) is 3.38. The third-order valence-corrected chi connectivity index (χ3v) is 5.78. The van der Waals surface area contributed by atoms with E-state index in [0.717, 1.165) is 43.1 Å². The van der Waals surface area contributed by atoms with Crippen molar-refractivity contribution in [1.29, 1.82) is 0 Å². The van der Waals surface area contributed by atoms with E-state index >= 15 is 0 Å². The number of rotatable bonds is 3. The lowest BCUT2D eigenvalue weighted by Gasteiger charge is -2.34. The molecule has 5 rings (SSSR count). The summed E-state index contributed by atoms with van der Waals surface area (Å²) in [5.74, 6) is 0.342. The minimum atomic E-state index is -0.344. The quantitative estimate of drug-likeness (QED) is 0.548. The second-order valence-corrected chi connectivity index (χ2v) is 7.87. The molecule has 0 bridgehead atoms. The largest absolute Gasteiger partial charge is 0.355 e. The van der Waals surface area contributed by atoms with E-state index in [1.807, 2.05) is 23.5 Å². The molecule has 1 fully saturated rings. The maximum Gasteiger partial charge on any atom is 0.272 e. The van der Waals surface area contributed by atoms with Crippen molar-refractivity contribution in [3.8, 4) is 0 Å². The topological polar surface area (TPSA) is 68.7 Å². The van der Waals surface area contributed by atoms with Crippen LogP contribution >= 0.6 is 0 Å². The van der Waals surface area contributed by atoms with Gasteiger partial charge in [0.15, 0.2) is 0 Å². The maximum atomic E-state index is 14.1. The number of aryl methyl sites for hydroxylation is 1. The second kappa shape index (κ2) is 7.14. The van der Waals surface area contributed by atoms with Crippen LogP contribution in [0.1, 0.15) is 16.1 Å². The number of aromatic amines is 1. The number of benzene rings is 1. The number of likely N-dealkylation sites (N-methyl/N-ethyl adjacent to an activating group) is 1. The highest BCUT2D eigenvalue weighted by Crippen LogP contribution is 2.26. The van der Waals surface area contributed by atoms with Crippen LogP contribution in [0.25, 0.3) is 16.4 Å². The molecule has 1 amide bonds. The lowest BCUT2D eigenvalue weighted by atomic mass is 10.1. The number of carbonyl (C=O) groups excluding carboxylic acids is 1. The summed E-state index contributed by atoms with van der Waals surface area (Å²) in [6.45, 7) is 5.65. The highest BCUT2D eigenvalue weighted by atomic mass is 19.1. The van der Waals surface area contributed by atoms with E-state index in [0.29, 0.717) is 22.3 Å². The van der Waals surface area contributed by atoms with Crippen molar-refractivity contribution in [3.05, 3.63) is 59.9 Å². The Labute approximate surface area is 173 Å². The third-order valence-electron chi connectivity index (χ3n) is 5.78. The number of anilines is 2. The molecule has 0 unspecified atom stereocenters. The molecule has 0 atom stereocenters. The van der Waals surface area contributed by atoms with Gasteiger partial charge in [-0.2, -0.15) is 0 Å². The molecule has 0 saturated carbocycles. The molecule has 0 radical (unpaired) electrons. The van der Waals surface area contributed by atoms with E-state index in [2.05, 4.69) is 32.1 Å². The zero-order chi connectivity index (χ0) is 20.8. The number of fused-ring (bicyclic) bond motifs is 2. The van der Waals surface area contributed by atoms with E-state index in [1.54, 1.807) is 24.7 Å². The summed E-state index contributed by atoms with van der Waals surface area (Å²) in [6, 6.07) is 8.53.